The van der Waals surface area contributed by atoms with Gasteiger partial charge in [0.15, 0.2) is 5.78 Å². The van der Waals surface area contributed by atoms with Crippen LogP contribution in [-0.2, 0) is 0 Å². The predicted molar refractivity (Wildman–Crippen MR) is 109 cm³/mol. The molecule has 0 atom stereocenters. The topological polar surface area (TPSA) is 82.3 Å². The van der Waals surface area contributed by atoms with Gasteiger partial charge < -0.3 is 13.5 Å². The monoisotopic (exact) mass is 388 g/mol. The Bertz CT molecular complexity index is 731. The van der Waals surface area contributed by atoms with Gasteiger partial charge in [-0.05, 0) is 18.1 Å². The molecule has 0 aliphatic carbocycles. The van der Waals surface area contributed by atoms with Gasteiger partial charge in [-0.3, -0.25) is 4.79 Å². The van der Waals surface area contributed by atoms with E-state index in [1.165, 1.54) is 0 Å². The Morgan fingerprint density at radius 3 is 2.04 bits per heavy atom. The molecule has 3 rings (SSSR count). The molecule has 154 valence electrons. The summed E-state index contributed by atoms with van der Waals surface area (Å²) in [5.74, 6) is 3.20. The number of hydrogen-bond acceptors (Lipinski definition) is 6. The number of rotatable bonds is 5. The highest BCUT2D eigenvalue weighted by atomic mass is 16.5. The maximum Gasteiger partial charge on any atom is 0.184 e. The third-order valence-electron chi connectivity index (χ3n) is 3.93. The fourth-order valence-corrected chi connectivity index (χ4v) is 1.99. The quantitative estimate of drug-likeness (QED) is 0.458. The van der Waals surface area contributed by atoms with E-state index in [1.54, 1.807) is 24.8 Å². The number of furan rings is 1. The van der Waals surface area contributed by atoms with Crippen LogP contribution >= 0.6 is 0 Å². The Morgan fingerprint density at radius 1 is 1.04 bits per heavy atom. The molecule has 0 aromatic carbocycles. The maximum absolute atomic E-state index is 11.1. The second-order valence-electron chi connectivity index (χ2n) is 7.33. The molecule has 0 unspecified atom stereocenters. The van der Waals surface area contributed by atoms with Crippen molar-refractivity contribution in [3.8, 4) is 0 Å². The molecule has 6 heteroatoms. The number of carbonyl (C=O) groups is 1. The molecule has 3 aromatic heterocycles. The van der Waals surface area contributed by atoms with Crippen LogP contribution in [0.2, 0.25) is 0 Å². The lowest BCUT2D eigenvalue weighted by molar-refractivity contribution is 0.0979. The second kappa shape index (κ2) is 12.0. The zero-order chi connectivity index (χ0) is 21.1. The fraction of sp³-hybridized carbons (Fsp3) is 0.500. The molecule has 0 spiro atoms. The highest BCUT2D eigenvalue weighted by Crippen LogP contribution is 2.15. The first-order valence-corrected chi connectivity index (χ1v) is 9.68. The maximum atomic E-state index is 11.1. The smallest absolute Gasteiger partial charge is 0.184 e. The standard InChI is InChI=1S/C9H13NO2.C7H10O.C6H9NO/c1-4-8(11)7-5-9(6(2)3)12-10-7;1-6(2)7-4-3-5-8-7;1-5(2)6-3-7-8-4-6/h5-6H,4H2,1-3H3;3-6H,1-2H3;3-5H,1-2H3. The summed E-state index contributed by atoms with van der Waals surface area (Å²) < 4.78 is 14.7. The largest absolute Gasteiger partial charge is 0.469 e. The van der Waals surface area contributed by atoms with Crippen LogP contribution in [-0.4, -0.2) is 16.1 Å². The van der Waals surface area contributed by atoms with Gasteiger partial charge in [0, 0.05) is 29.9 Å². The number of nitrogens with zero attached hydrogens (tertiary/aromatic N) is 2. The lowest BCUT2D eigenvalue weighted by Crippen LogP contribution is -1.95. The molecule has 28 heavy (non-hydrogen) atoms. The van der Waals surface area contributed by atoms with Gasteiger partial charge in [-0.2, -0.15) is 0 Å². The van der Waals surface area contributed by atoms with Gasteiger partial charge in [-0.25, -0.2) is 0 Å². The van der Waals surface area contributed by atoms with Crippen LogP contribution in [0.15, 0.2) is 50.4 Å². The lowest BCUT2D eigenvalue weighted by Gasteiger charge is -1.94. The highest BCUT2D eigenvalue weighted by molar-refractivity contribution is 5.93. The Kier molecular flexibility index (Phi) is 9.99. The van der Waals surface area contributed by atoms with E-state index < -0.39 is 0 Å². The summed E-state index contributed by atoms with van der Waals surface area (Å²) in [5, 5.41) is 7.25. The van der Waals surface area contributed by atoms with Crippen LogP contribution in [0.1, 0.15) is 100 Å². The van der Waals surface area contributed by atoms with Gasteiger partial charge in [-0.15, -0.1) is 0 Å². The molecular weight excluding hydrogens is 356 g/mol. The summed E-state index contributed by atoms with van der Waals surface area (Å²) in [4.78, 5) is 11.1. The van der Waals surface area contributed by atoms with Crippen LogP contribution < -0.4 is 0 Å². The van der Waals surface area contributed by atoms with Crippen molar-refractivity contribution in [1.82, 2.24) is 10.3 Å². The van der Waals surface area contributed by atoms with Crippen molar-refractivity contribution in [1.29, 1.82) is 0 Å². The molecule has 0 bridgehead atoms. The molecule has 3 aromatic rings. The van der Waals surface area contributed by atoms with Crippen LogP contribution in [0.3, 0.4) is 0 Å². The van der Waals surface area contributed by atoms with E-state index in [4.69, 9.17) is 8.94 Å². The molecule has 0 aliphatic rings. The third-order valence-corrected chi connectivity index (χ3v) is 3.93. The van der Waals surface area contributed by atoms with Gasteiger partial charge in [0.2, 0.25) is 0 Å². The van der Waals surface area contributed by atoms with Crippen molar-refractivity contribution >= 4 is 5.78 Å². The Labute approximate surface area is 167 Å². The fourth-order valence-electron chi connectivity index (χ4n) is 1.99. The first-order valence-electron chi connectivity index (χ1n) is 9.68. The minimum Gasteiger partial charge on any atom is -0.469 e. The van der Waals surface area contributed by atoms with Crippen molar-refractivity contribution in [2.75, 3.05) is 0 Å². The van der Waals surface area contributed by atoms with Crippen molar-refractivity contribution in [2.24, 2.45) is 0 Å². The molecule has 0 N–H and O–H groups in total. The van der Waals surface area contributed by atoms with Gasteiger partial charge in [0.25, 0.3) is 0 Å². The molecule has 0 saturated carbocycles. The molecule has 0 aliphatic heterocycles. The number of ketones is 1. The average Bonchev–Trinajstić information content (AvgIpc) is 3.44. The van der Waals surface area contributed by atoms with Gasteiger partial charge in [0.05, 0.1) is 12.5 Å². The molecule has 0 saturated heterocycles. The molecule has 0 amide bonds. The van der Waals surface area contributed by atoms with E-state index in [1.807, 2.05) is 32.9 Å². The normalized spacial score (nSPS) is 10.5. The Morgan fingerprint density at radius 2 is 1.71 bits per heavy atom. The van der Waals surface area contributed by atoms with Gasteiger partial charge in [0.1, 0.15) is 23.5 Å². The zero-order valence-electron chi connectivity index (χ0n) is 17.9. The van der Waals surface area contributed by atoms with E-state index in [2.05, 4.69) is 42.5 Å². The average molecular weight is 389 g/mol. The minimum atomic E-state index is 0.0330. The molecule has 0 fully saturated rings. The van der Waals surface area contributed by atoms with Crippen molar-refractivity contribution in [2.45, 2.75) is 72.6 Å². The van der Waals surface area contributed by atoms with Crippen molar-refractivity contribution < 1.29 is 18.3 Å². The lowest BCUT2D eigenvalue weighted by atomic mass is 10.1. The zero-order valence-corrected chi connectivity index (χ0v) is 17.9. The number of Topliss-reactive ketones (excluding diaryl/α,β-unsaturated/α-hetero) is 1. The Balaban J connectivity index is 0.000000217. The van der Waals surface area contributed by atoms with Crippen molar-refractivity contribution in [3.63, 3.8) is 0 Å². The molecule has 3 heterocycles. The molecular formula is C22H32N2O4. The van der Waals surface area contributed by atoms with Crippen LogP contribution in [0.4, 0.5) is 0 Å². The SMILES string of the molecule is CC(C)c1ccco1.CC(C)c1cnoc1.CCC(=O)c1cc(C(C)C)on1. The first kappa shape index (κ1) is 23.4. The first-order chi connectivity index (χ1) is 13.3. The predicted octanol–water partition coefficient (Wildman–Crippen LogP) is 6.59. The van der Waals surface area contributed by atoms with E-state index in [0.717, 1.165) is 17.1 Å². The highest BCUT2D eigenvalue weighted by Gasteiger charge is 2.12. The van der Waals surface area contributed by atoms with Gasteiger partial charge in [-0.1, -0.05) is 58.8 Å². The van der Waals surface area contributed by atoms with E-state index in [-0.39, 0.29) is 11.7 Å². The number of hydrogen-bond donors (Lipinski definition) is 0. The summed E-state index contributed by atoms with van der Waals surface area (Å²) in [6.07, 6.45) is 5.59. The second-order valence-corrected chi connectivity index (χ2v) is 7.33. The Hall–Kier alpha value is -2.63. The van der Waals surface area contributed by atoms with Crippen LogP contribution in [0.5, 0.6) is 0 Å². The van der Waals surface area contributed by atoms with E-state index >= 15 is 0 Å². The molecule has 6 nitrogen and oxygen atoms in total. The van der Waals surface area contributed by atoms with Crippen LogP contribution in [0, 0.1) is 0 Å². The van der Waals surface area contributed by atoms with E-state index in [9.17, 15) is 4.79 Å². The third kappa shape index (κ3) is 7.94. The summed E-state index contributed by atoms with van der Waals surface area (Å²) >= 11 is 0. The van der Waals surface area contributed by atoms with E-state index in [0.29, 0.717) is 24.0 Å². The number of carbonyl (C=O) groups excluding carboxylic acids is 1. The minimum absolute atomic E-state index is 0.0330. The van der Waals surface area contributed by atoms with Crippen LogP contribution in [0.25, 0.3) is 0 Å². The summed E-state index contributed by atoms with van der Waals surface area (Å²) in [6.45, 7) is 14.2. The summed E-state index contributed by atoms with van der Waals surface area (Å²) in [6, 6.07) is 5.62. The van der Waals surface area contributed by atoms with Gasteiger partial charge >= 0.3 is 0 Å². The summed E-state index contributed by atoms with van der Waals surface area (Å²) in [7, 11) is 0. The summed E-state index contributed by atoms with van der Waals surface area (Å²) in [5.41, 5.74) is 1.60. The van der Waals surface area contributed by atoms with Crippen molar-refractivity contribution in [3.05, 3.63) is 59.7 Å². The molecule has 0 radical (unpaired) electrons. The number of aromatic nitrogens is 2.